The van der Waals surface area contributed by atoms with Crippen molar-refractivity contribution in [3.05, 3.63) is 35.4 Å². The molecule has 2 atom stereocenters. The summed E-state index contributed by atoms with van der Waals surface area (Å²) in [6.07, 6.45) is 2.52. The molecule has 0 amide bonds. The standard InChI is InChI=1S/C16H25NO2/c1-13-4-2-3-5-15(13)16(19)7-10-17-9-6-14(12-17)8-11-18/h2-5,14,16,18-19H,6-12H2,1H3. The van der Waals surface area contributed by atoms with Crippen LogP contribution in [0, 0.1) is 12.8 Å². The first-order valence-electron chi connectivity index (χ1n) is 7.27. The van der Waals surface area contributed by atoms with Crippen LogP contribution in [0.4, 0.5) is 0 Å². The number of aryl methyl sites for hydroxylation is 1. The van der Waals surface area contributed by atoms with Gasteiger partial charge >= 0.3 is 0 Å². The molecule has 0 aliphatic carbocycles. The molecule has 0 aromatic heterocycles. The van der Waals surface area contributed by atoms with Gasteiger partial charge in [0.15, 0.2) is 0 Å². The molecule has 1 aromatic carbocycles. The van der Waals surface area contributed by atoms with E-state index in [1.54, 1.807) is 0 Å². The molecule has 0 saturated carbocycles. The molecule has 0 spiro atoms. The maximum absolute atomic E-state index is 10.3. The smallest absolute Gasteiger partial charge is 0.0804 e. The summed E-state index contributed by atoms with van der Waals surface area (Å²) in [4.78, 5) is 2.40. The van der Waals surface area contributed by atoms with Crippen LogP contribution in [0.15, 0.2) is 24.3 Å². The average molecular weight is 263 g/mol. The Bertz CT molecular complexity index is 394. The number of benzene rings is 1. The number of aliphatic hydroxyl groups is 2. The maximum atomic E-state index is 10.3. The van der Waals surface area contributed by atoms with E-state index in [0.29, 0.717) is 12.5 Å². The summed E-state index contributed by atoms with van der Waals surface area (Å²) in [6, 6.07) is 8.05. The molecule has 19 heavy (non-hydrogen) atoms. The summed E-state index contributed by atoms with van der Waals surface area (Å²) in [6.45, 7) is 5.46. The molecule has 1 aromatic rings. The van der Waals surface area contributed by atoms with Crippen LogP contribution in [0.5, 0.6) is 0 Å². The Hall–Kier alpha value is -0.900. The molecule has 1 saturated heterocycles. The fourth-order valence-corrected chi connectivity index (χ4v) is 2.96. The Morgan fingerprint density at radius 2 is 2.16 bits per heavy atom. The number of nitrogens with zero attached hydrogens (tertiary/aromatic N) is 1. The number of aliphatic hydroxyl groups excluding tert-OH is 2. The third-order valence-corrected chi connectivity index (χ3v) is 4.17. The van der Waals surface area contributed by atoms with Crippen molar-refractivity contribution >= 4 is 0 Å². The molecule has 1 fully saturated rings. The van der Waals surface area contributed by atoms with Crippen molar-refractivity contribution in [1.82, 2.24) is 4.90 Å². The van der Waals surface area contributed by atoms with Crippen LogP contribution in [0.25, 0.3) is 0 Å². The number of rotatable bonds is 6. The lowest BCUT2D eigenvalue weighted by Gasteiger charge is -2.19. The highest BCUT2D eigenvalue weighted by molar-refractivity contribution is 5.27. The van der Waals surface area contributed by atoms with Crippen molar-refractivity contribution in [1.29, 1.82) is 0 Å². The van der Waals surface area contributed by atoms with Crippen LogP contribution in [0.1, 0.15) is 36.5 Å². The van der Waals surface area contributed by atoms with E-state index in [1.165, 1.54) is 6.42 Å². The fraction of sp³-hybridized carbons (Fsp3) is 0.625. The van der Waals surface area contributed by atoms with E-state index in [2.05, 4.69) is 4.90 Å². The Morgan fingerprint density at radius 1 is 1.37 bits per heavy atom. The average Bonchev–Trinajstić information content (AvgIpc) is 2.85. The van der Waals surface area contributed by atoms with E-state index in [0.717, 1.165) is 43.6 Å². The van der Waals surface area contributed by atoms with Crippen molar-refractivity contribution in [3.8, 4) is 0 Å². The molecule has 3 heteroatoms. The Kier molecular flexibility index (Phi) is 5.37. The summed E-state index contributed by atoms with van der Waals surface area (Å²) in [5, 5.41) is 19.2. The van der Waals surface area contributed by atoms with Crippen LogP contribution in [0.3, 0.4) is 0 Å². The first-order valence-corrected chi connectivity index (χ1v) is 7.27. The van der Waals surface area contributed by atoms with E-state index in [9.17, 15) is 5.11 Å². The van der Waals surface area contributed by atoms with Crippen LogP contribution in [0.2, 0.25) is 0 Å². The Morgan fingerprint density at radius 3 is 2.89 bits per heavy atom. The highest BCUT2D eigenvalue weighted by atomic mass is 16.3. The minimum Gasteiger partial charge on any atom is -0.396 e. The third kappa shape index (κ3) is 4.03. The van der Waals surface area contributed by atoms with Gasteiger partial charge in [0.25, 0.3) is 0 Å². The van der Waals surface area contributed by atoms with E-state index in [-0.39, 0.29) is 6.10 Å². The molecular formula is C16H25NO2. The third-order valence-electron chi connectivity index (χ3n) is 4.17. The predicted molar refractivity (Wildman–Crippen MR) is 77.0 cm³/mol. The van der Waals surface area contributed by atoms with Gasteiger partial charge in [0.1, 0.15) is 0 Å². The van der Waals surface area contributed by atoms with Gasteiger partial charge in [0, 0.05) is 19.7 Å². The summed E-state index contributed by atoms with van der Waals surface area (Å²) >= 11 is 0. The summed E-state index contributed by atoms with van der Waals surface area (Å²) < 4.78 is 0. The highest BCUT2D eigenvalue weighted by Gasteiger charge is 2.22. The lowest BCUT2D eigenvalue weighted by molar-refractivity contribution is 0.146. The van der Waals surface area contributed by atoms with E-state index < -0.39 is 0 Å². The number of hydrogen-bond donors (Lipinski definition) is 2. The number of hydrogen-bond acceptors (Lipinski definition) is 3. The number of likely N-dealkylation sites (tertiary alicyclic amines) is 1. The summed E-state index contributed by atoms with van der Waals surface area (Å²) in [5.41, 5.74) is 2.21. The topological polar surface area (TPSA) is 43.7 Å². The van der Waals surface area contributed by atoms with Crippen molar-refractivity contribution in [3.63, 3.8) is 0 Å². The molecule has 1 aliphatic rings. The monoisotopic (exact) mass is 263 g/mol. The van der Waals surface area contributed by atoms with E-state index in [1.807, 2.05) is 31.2 Å². The fourth-order valence-electron chi connectivity index (χ4n) is 2.96. The van der Waals surface area contributed by atoms with Crippen molar-refractivity contribution in [2.45, 2.75) is 32.3 Å². The van der Waals surface area contributed by atoms with Gasteiger partial charge < -0.3 is 15.1 Å². The van der Waals surface area contributed by atoms with Crippen LogP contribution in [-0.4, -0.2) is 41.4 Å². The normalized spacial score (nSPS) is 21.7. The lowest BCUT2D eigenvalue weighted by Crippen LogP contribution is -2.23. The second kappa shape index (κ2) is 7.04. The molecule has 0 radical (unpaired) electrons. The van der Waals surface area contributed by atoms with Gasteiger partial charge in [0.2, 0.25) is 0 Å². The maximum Gasteiger partial charge on any atom is 0.0804 e. The van der Waals surface area contributed by atoms with E-state index in [4.69, 9.17) is 5.11 Å². The molecule has 3 nitrogen and oxygen atoms in total. The minimum atomic E-state index is -0.363. The van der Waals surface area contributed by atoms with Gasteiger partial charge in [-0.2, -0.15) is 0 Å². The first-order chi connectivity index (χ1) is 9.20. The van der Waals surface area contributed by atoms with Crippen molar-refractivity contribution in [2.75, 3.05) is 26.2 Å². The van der Waals surface area contributed by atoms with Gasteiger partial charge in [-0.15, -0.1) is 0 Å². The minimum absolute atomic E-state index is 0.296. The van der Waals surface area contributed by atoms with Gasteiger partial charge in [-0.3, -0.25) is 0 Å². The SMILES string of the molecule is Cc1ccccc1C(O)CCN1CCC(CCO)C1. The zero-order chi connectivity index (χ0) is 13.7. The van der Waals surface area contributed by atoms with Gasteiger partial charge in [-0.05, 0) is 49.8 Å². The van der Waals surface area contributed by atoms with Crippen LogP contribution in [-0.2, 0) is 0 Å². The van der Waals surface area contributed by atoms with Gasteiger partial charge in [0.05, 0.1) is 6.10 Å². The molecule has 1 aliphatic heterocycles. The molecule has 2 unspecified atom stereocenters. The van der Waals surface area contributed by atoms with Crippen molar-refractivity contribution < 1.29 is 10.2 Å². The summed E-state index contributed by atoms with van der Waals surface area (Å²) in [5.74, 6) is 0.639. The second-order valence-electron chi connectivity index (χ2n) is 5.63. The predicted octanol–water partition coefficient (Wildman–Crippen LogP) is 2.12. The van der Waals surface area contributed by atoms with Crippen LogP contribution >= 0.6 is 0 Å². The largest absolute Gasteiger partial charge is 0.396 e. The van der Waals surface area contributed by atoms with Crippen LogP contribution < -0.4 is 0 Å². The zero-order valence-corrected chi connectivity index (χ0v) is 11.8. The van der Waals surface area contributed by atoms with Gasteiger partial charge in [-0.1, -0.05) is 24.3 Å². The molecule has 2 N–H and O–H groups in total. The van der Waals surface area contributed by atoms with E-state index >= 15 is 0 Å². The molecule has 0 bridgehead atoms. The molecule has 106 valence electrons. The van der Waals surface area contributed by atoms with Gasteiger partial charge in [-0.25, -0.2) is 0 Å². The first kappa shape index (κ1) is 14.5. The second-order valence-corrected chi connectivity index (χ2v) is 5.63. The highest BCUT2D eigenvalue weighted by Crippen LogP contribution is 2.23. The Balaban J connectivity index is 1.78. The molecule has 1 heterocycles. The Labute approximate surface area is 115 Å². The molecule has 2 rings (SSSR count). The lowest BCUT2D eigenvalue weighted by atomic mass is 10.0. The summed E-state index contributed by atoms with van der Waals surface area (Å²) in [7, 11) is 0. The van der Waals surface area contributed by atoms with Crippen molar-refractivity contribution in [2.24, 2.45) is 5.92 Å². The quantitative estimate of drug-likeness (QED) is 0.826. The molecular weight excluding hydrogens is 238 g/mol. The zero-order valence-electron chi connectivity index (χ0n) is 11.8.